The van der Waals surface area contributed by atoms with Gasteiger partial charge in [0.05, 0.1) is 24.2 Å². The molecule has 2 aliphatic carbocycles. The van der Waals surface area contributed by atoms with Crippen molar-refractivity contribution in [2.75, 3.05) is 13.1 Å². The summed E-state index contributed by atoms with van der Waals surface area (Å²) in [5.74, 6) is -4.11. The Morgan fingerprint density at radius 2 is 1.56 bits per heavy atom. The van der Waals surface area contributed by atoms with Crippen LogP contribution >= 0.6 is 0 Å². The summed E-state index contributed by atoms with van der Waals surface area (Å²) >= 11 is 0. The molecule has 0 radical (unpaired) electrons. The lowest BCUT2D eigenvalue weighted by molar-refractivity contribution is -0.135. The lowest BCUT2D eigenvalue weighted by Gasteiger charge is -2.35. The number of aromatic nitrogens is 2. The summed E-state index contributed by atoms with van der Waals surface area (Å²) in [6, 6.07) is 4.85. The van der Waals surface area contributed by atoms with E-state index in [9.17, 15) is 33.9 Å². The molecule has 2 heterocycles. The molecule has 3 aliphatic rings. The third kappa shape index (κ3) is 11.1. The summed E-state index contributed by atoms with van der Waals surface area (Å²) in [6.45, 7) is 7.27. The zero-order valence-corrected chi connectivity index (χ0v) is 32.3. The van der Waals surface area contributed by atoms with Gasteiger partial charge in [-0.25, -0.2) is 4.98 Å². The van der Waals surface area contributed by atoms with Crippen LogP contribution in [-0.4, -0.2) is 105 Å². The number of hydrogen-bond donors (Lipinski definition) is 6. The molecular formula is C40H56N8O7. The van der Waals surface area contributed by atoms with Gasteiger partial charge in [-0.1, -0.05) is 71.6 Å². The lowest BCUT2D eigenvalue weighted by atomic mass is 9.82. The maximum absolute atomic E-state index is 14.3. The number of benzene rings is 1. The number of hydrogen-bond acceptors (Lipinski definition) is 9. The van der Waals surface area contributed by atoms with E-state index in [-0.39, 0.29) is 36.7 Å². The summed E-state index contributed by atoms with van der Waals surface area (Å²) in [5, 5.41) is 25.3. The first kappa shape index (κ1) is 41.2. The number of nitrogens with zero attached hydrogens (tertiary/aromatic N) is 3. The van der Waals surface area contributed by atoms with Gasteiger partial charge >= 0.3 is 0 Å². The van der Waals surface area contributed by atoms with Gasteiger partial charge in [-0.3, -0.25) is 33.8 Å². The van der Waals surface area contributed by atoms with Crippen LogP contribution in [0.15, 0.2) is 48.9 Å². The average molecular weight is 761 g/mol. The smallest absolute Gasteiger partial charge is 0.272 e. The molecule has 15 nitrogen and oxygen atoms in total. The molecule has 6 atom stereocenters. The van der Waals surface area contributed by atoms with E-state index in [4.69, 9.17) is 0 Å². The fourth-order valence-electron chi connectivity index (χ4n) is 7.42. The van der Waals surface area contributed by atoms with Gasteiger partial charge in [0.2, 0.25) is 17.7 Å². The highest BCUT2D eigenvalue weighted by Crippen LogP contribution is 2.29. The molecule has 0 spiro atoms. The van der Waals surface area contributed by atoms with Crippen molar-refractivity contribution >= 4 is 35.4 Å². The minimum atomic E-state index is -1.48. The molecular weight excluding hydrogens is 704 g/mol. The number of rotatable bonds is 15. The molecule has 0 bridgehead atoms. The summed E-state index contributed by atoms with van der Waals surface area (Å²) in [5.41, 5.74) is -0.326. The largest absolute Gasteiger partial charge is 0.381 e. The Hall–Kier alpha value is -4.92. The second-order valence-corrected chi connectivity index (χ2v) is 16.2. The van der Waals surface area contributed by atoms with Crippen molar-refractivity contribution < 1.29 is 33.9 Å². The SMILES string of the molecule is CCC[C@H](NC(=O)[C@@H]1CN(C(=O)c2ccccc2)C[C@@H]1NC(=O)C(NC(=O)[C@@H](NC(=O)c1cnccn1)C1CCCCC1)C(C)(C)C)C(O)C(=O)NC1CC1. The van der Waals surface area contributed by atoms with Crippen LogP contribution in [-0.2, 0) is 19.2 Å². The fraction of sp³-hybridized carbons (Fsp3) is 0.600. The van der Waals surface area contributed by atoms with Crippen LogP contribution in [0, 0.1) is 17.3 Å². The third-order valence-electron chi connectivity index (χ3n) is 10.7. The van der Waals surface area contributed by atoms with E-state index in [1.54, 1.807) is 51.1 Å². The summed E-state index contributed by atoms with van der Waals surface area (Å²) in [6.07, 6.45) is 9.58. The summed E-state index contributed by atoms with van der Waals surface area (Å²) in [4.78, 5) is 91.6. The van der Waals surface area contributed by atoms with E-state index in [1.807, 2.05) is 6.92 Å². The van der Waals surface area contributed by atoms with E-state index >= 15 is 0 Å². The van der Waals surface area contributed by atoms with Crippen molar-refractivity contribution in [1.29, 1.82) is 0 Å². The number of amides is 6. The highest BCUT2D eigenvalue weighted by atomic mass is 16.3. The maximum Gasteiger partial charge on any atom is 0.272 e. The molecule has 1 aromatic heterocycles. The van der Waals surface area contributed by atoms with Crippen molar-refractivity contribution in [3.05, 3.63) is 60.2 Å². The van der Waals surface area contributed by atoms with Crippen molar-refractivity contribution in [3.8, 4) is 0 Å². The Morgan fingerprint density at radius 3 is 2.18 bits per heavy atom. The lowest BCUT2D eigenvalue weighted by Crippen LogP contribution is -2.61. The average Bonchev–Trinajstić information content (AvgIpc) is 3.90. The Morgan fingerprint density at radius 1 is 0.855 bits per heavy atom. The number of aliphatic hydroxyl groups excluding tert-OH is 1. The first-order valence-corrected chi connectivity index (χ1v) is 19.6. The van der Waals surface area contributed by atoms with Gasteiger partial charge in [-0.15, -0.1) is 0 Å². The van der Waals surface area contributed by atoms with E-state index in [0.717, 1.165) is 44.9 Å². The highest BCUT2D eigenvalue weighted by Gasteiger charge is 2.45. The van der Waals surface area contributed by atoms with Gasteiger partial charge in [0.15, 0.2) is 6.10 Å². The maximum atomic E-state index is 14.3. The predicted molar refractivity (Wildman–Crippen MR) is 203 cm³/mol. The molecule has 2 unspecified atom stereocenters. The van der Waals surface area contributed by atoms with Crippen LogP contribution in [0.2, 0.25) is 0 Å². The monoisotopic (exact) mass is 760 g/mol. The van der Waals surface area contributed by atoms with Crippen molar-refractivity contribution in [3.63, 3.8) is 0 Å². The van der Waals surface area contributed by atoms with Crippen LogP contribution in [0.3, 0.4) is 0 Å². The summed E-state index contributed by atoms with van der Waals surface area (Å²) in [7, 11) is 0. The minimum Gasteiger partial charge on any atom is -0.381 e. The van der Waals surface area contributed by atoms with Crippen LogP contribution < -0.4 is 26.6 Å². The van der Waals surface area contributed by atoms with Gasteiger partial charge in [0, 0.05) is 37.1 Å². The van der Waals surface area contributed by atoms with Crippen LogP contribution in [0.5, 0.6) is 0 Å². The molecule has 5 rings (SSSR count). The van der Waals surface area contributed by atoms with Gasteiger partial charge in [0.1, 0.15) is 17.8 Å². The quantitative estimate of drug-likeness (QED) is 0.156. The zero-order valence-electron chi connectivity index (χ0n) is 32.3. The molecule has 15 heteroatoms. The molecule has 6 N–H and O–H groups in total. The van der Waals surface area contributed by atoms with E-state index < -0.39 is 71.1 Å². The Balaban J connectivity index is 1.35. The van der Waals surface area contributed by atoms with Gasteiger partial charge in [-0.05, 0) is 55.6 Å². The Kier molecular flexibility index (Phi) is 14.0. The zero-order chi connectivity index (χ0) is 39.7. The molecule has 1 aromatic carbocycles. The molecule has 1 aliphatic heterocycles. The first-order valence-electron chi connectivity index (χ1n) is 19.6. The Labute approximate surface area is 322 Å². The van der Waals surface area contributed by atoms with Gasteiger partial charge in [0.25, 0.3) is 17.7 Å². The summed E-state index contributed by atoms with van der Waals surface area (Å²) < 4.78 is 0. The Bertz CT molecular complexity index is 1660. The predicted octanol–water partition coefficient (Wildman–Crippen LogP) is 1.87. The fourth-order valence-corrected chi connectivity index (χ4v) is 7.42. The number of carbonyl (C=O) groups is 6. The van der Waals surface area contributed by atoms with Gasteiger partial charge < -0.3 is 36.6 Å². The van der Waals surface area contributed by atoms with Crippen LogP contribution in [0.4, 0.5) is 0 Å². The molecule has 1 saturated heterocycles. The van der Waals surface area contributed by atoms with Crippen molar-refractivity contribution in [2.45, 2.75) is 122 Å². The molecule has 55 heavy (non-hydrogen) atoms. The van der Waals surface area contributed by atoms with E-state index in [0.29, 0.717) is 18.4 Å². The van der Waals surface area contributed by atoms with E-state index in [1.165, 1.54) is 23.5 Å². The van der Waals surface area contributed by atoms with Gasteiger partial charge in [-0.2, -0.15) is 0 Å². The van der Waals surface area contributed by atoms with Crippen LogP contribution in [0.25, 0.3) is 0 Å². The van der Waals surface area contributed by atoms with Crippen molar-refractivity contribution in [1.82, 2.24) is 41.5 Å². The third-order valence-corrected chi connectivity index (χ3v) is 10.7. The normalized spacial score (nSPS) is 21.0. The molecule has 6 amide bonds. The topological polar surface area (TPSA) is 212 Å². The molecule has 3 fully saturated rings. The molecule has 2 aromatic rings. The van der Waals surface area contributed by atoms with E-state index in [2.05, 4.69) is 36.6 Å². The number of carbonyl (C=O) groups excluding carboxylic acids is 6. The highest BCUT2D eigenvalue weighted by molar-refractivity contribution is 5.98. The number of aliphatic hydroxyl groups is 1. The second kappa shape index (κ2) is 18.6. The van der Waals surface area contributed by atoms with Crippen LogP contribution in [0.1, 0.15) is 106 Å². The molecule has 298 valence electrons. The number of nitrogens with one attached hydrogen (secondary N) is 5. The first-order chi connectivity index (χ1) is 26.3. The van der Waals surface area contributed by atoms with Crippen molar-refractivity contribution in [2.24, 2.45) is 17.3 Å². The standard InChI is InChI=1S/C40H56N8O7/c1-5-12-28(32(49)37(53)43-26-17-18-26)44-34(50)27-22-48(39(55)25-15-10-7-11-16-25)23-30(27)45-38(54)33(40(2,3)4)47-36(52)31(24-13-8-6-9-14-24)46-35(51)29-21-41-19-20-42-29/h7,10-11,15-16,19-21,24,26-28,30-33,49H,5-6,8-9,12-14,17-18,22-23H2,1-4H3,(H,43,53)(H,44,50)(H,45,54)(H,46,51)(H,47,52)/t27-,28+,30+,31+,32?,33?/m1/s1. The second-order valence-electron chi connectivity index (χ2n) is 16.2. The minimum absolute atomic E-state index is 0.00436. The molecule has 2 saturated carbocycles. The number of likely N-dealkylation sites (tertiary alicyclic amines) is 1.